The molecule has 2 rings (SSSR count). The fraction of sp³-hybridized carbons (Fsp3) is 0.538. The molecule has 1 saturated heterocycles. The van der Waals surface area contributed by atoms with Crippen LogP contribution in [0.3, 0.4) is 0 Å². The topological polar surface area (TPSA) is 38.0 Å². The second kappa shape index (κ2) is 4.52. The summed E-state index contributed by atoms with van der Waals surface area (Å²) in [5.74, 6) is 0. The minimum Gasteiger partial charge on any atom is -0.324 e. The largest absolute Gasteiger partial charge is 0.324 e. The summed E-state index contributed by atoms with van der Waals surface area (Å²) in [6.07, 6.45) is 1.08. The van der Waals surface area contributed by atoms with Crippen LogP contribution in [-0.4, -0.2) is 13.1 Å². The minimum atomic E-state index is -1.20. The summed E-state index contributed by atoms with van der Waals surface area (Å²) in [5, 5.41) is 3.19. The predicted octanol–water partition coefficient (Wildman–Crippen LogP) is 2.25. The number of nitrogens with one attached hydrogen (secondary N) is 1. The third kappa shape index (κ3) is 2.11. The van der Waals surface area contributed by atoms with Crippen LogP contribution in [0.5, 0.6) is 0 Å². The summed E-state index contributed by atoms with van der Waals surface area (Å²) in [4.78, 5) is 0. The molecule has 1 heterocycles. The quantitative estimate of drug-likeness (QED) is 0.805. The van der Waals surface area contributed by atoms with Crippen molar-refractivity contribution in [3.8, 4) is 0 Å². The summed E-state index contributed by atoms with van der Waals surface area (Å²) in [6.45, 7) is 3.39. The lowest BCUT2D eigenvalue weighted by molar-refractivity contribution is 0.114. The molecule has 0 saturated carbocycles. The number of alkyl halides is 1. The normalized spacial score (nSPS) is 21.7. The molecule has 0 radical (unpaired) electrons. The molecule has 3 N–H and O–H groups in total. The third-order valence-corrected chi connectivity index (χ3v) is 3.33. The monoisotopic (exact) mass is 222 g/mol. The zero-order valence-corrected chi connectivity index (χ0v) is 9.67. The van der Waals surface area contributed by atoms with Crippen molar-refractivity contribution in [3.05, 3.63) is 35.4 Å². The number of hydrogen-bond donors (Lipinski definition) is 2. The van der Waals surface area contributed by atoms with Crippen LogP contribution in [0.25, 0.3) is 0 Å². The number of nitrogens with two attached hydrogens (primary N) is 1. The van der Waals surface area contributed by atoms with Crippen LogP contribution < -0.4 is 11.1 Å². The van der Waals surface area contributed by atoms with Crippen molar-refractivity contribution in [2.75, 3.05) is 13.1 Å². The van der Waals surface area contributed by atoms with E-state index in [2.05, 4.69) is 5.32 Å². The Bertz CT molecular complexity index is 357. The molecule has 1 aromatic carbocycles. The number of piperidine rings is 1. The Morgan fingerprint density at radius 3 is 2.56 bits per heavy atom. The Labute approximate surface area is 96.0 Å². The fourth-order valence-corrected chi connectivity index (χ4v) is 2.39. The highest BCUT2D eigenvalue weighted by molar-refractivity contribution is 5.35. The van der Waals surface area contributed by atoms with Crippen molar-refractivity contribution >= 4 is 0 Å². The van der Waals surface area contributed by atoms with Gasteiger partial charge in [0, 0.05) is 6.04 Å². The molecule has 1 unspecified atom stereocenters. The van der Waals surface area contributed by atoms with Crippen LogP contribution in [0.1, 0.15) is 36.9 Å². The van der Waals surface area contributed by atoms with Crippen molar-refractivity contribution in [2.45, 2.75) is 31.5 Å². The smallest absolute Gasteiger partial charge is 0.138 e. The third-order valence-electron chi connectivity index (χ3n) is 3.33. The molecule has 0 amide bonds. The van der Waals surface area contributed by atoms with E-state index in [1.54, 1.807) is 0 Å². The first-order valence-electron chi connectivity index (χ1n) is 5.88. The summed E-state index contributed by atoms with van der Waals surface area (Å²) in [6, 6.07) is 7.52. The number of hydrogen-bond acceptors (Lipinski definition) is 2. The molecule has 0 aromatic heterocycles. The van der Waals surface area contributed by atoms with Crippen LogP contribution >= 0.6 is 0 Å². The lowest BCUT2D eigenvalue weighted by Crippen LogP contribution is -2.37. The van der Waals surface area contributed by atoms with Crippen molar-refractivity contribution in [1.82, 2.24) is 5.32 Å². The molecule has 2 nitrogen and oxygen atoms in total. The highest BCUT2D eigenvalue weighted by atomic mass is 19.1. The van der Waals surface area contributed by atoms with Gasteiger partial charge >= 0.3 is 0 Å². The molecule has 1 atom stereocenters. The first kappa shape index (κ1) is 11.6. The SMILES string of the molecule is CC(N)c1ccccc1C1(F)CCNCC1. The number of rotatable bonds is 2. The van der Waals surface area contributed by atoms with Gasteiger partial charge in [0.25, 0.3) is 0 Å². The van der Waals surface area contributed by atoms with E-state index in [9.17, 15) is 4.39 Å². The van der Waals surface area contributed by atoms with Crippen LogP contribution in [0.4, 0.5) is 4.39 Å². The van der Waals surface area contributed by atoms with Gasteiger partial charge in [-0.2, -0.15) is 0 Å². The Morgan fingerprint density at radius 1 is 1.31 bits per heavy atom. The predicted molar refractivity (Wildman–Crippen MR) is 63.9 cm³/mol. The second-order valence-corrected chi connectivity index (χ2v) is 4.59. The molecule has 0 spiro atoms. The zero-order chi connectivity index (χ0) is 11.6. The summed E-state index contributed by atoms with van der Waals surface area (Å²) >= 11 is 0. The highest BCUT2D eigenvalue weighted by Crippen LogP contribution is 2.38. The molecule has 1 fully saturated rings. The van der Waals surface area contributed by atoms with Gasteiger partial charge in [-0.25, -0.2) is 4.39 Å². The average molecular weight is 222 g/mol. The van der Waals surface area contributed by atoms with Crippen LogP contribution in [-0.2, 0) is 5.67 Å². The molecule has 1 aliphatic heterocycles. The van der Waals surface area contributed by atoms with Gasteiger partial charge < -0.3 is 11.1 Å². The zero-order valence-electron chi connectivity index (χ0n) is 9.67. The van der Waals surface area contributed by atoms with Crippen molar-refractivity contribution < 1.29 is 4.39 Å². The van der Waals surface area contributed by atoms with Gasteiger partial charge in [0.2, 0.25) is 0 Å². The van der Waals surface area contributed by atoms with E-state index in [0.29, 0.717) is 12.8 Å². The molecule has 88 valence electrons. The first-order chi connectivity index (χ1) is 7.63. The second-order valence-electron chi connectivity index (χ2n) is 4.59. The van der Waals surface area contributed by atoms with E-state index in [1.165, 1.54) is 0 Å². The van der Waals surface area contributed by atoms with Gasteiger partial charge in [0.15, 0.2) is 0 Å². The summed E-state index contributed by atoms with van der Waals surface area (Å²) in [7, 11) is 0. The Morgan fingerprint density at radius 2 is 1.94 bits per heavy atom. The van der Waals surface area contributed by atoms with E-state index in [-0.39, 0.29) is 6.04 Å². The molecular weight excluding hydrogens is 203 g/mol. The minimum absolute atomic E-state index is 0.112. The van der Waals surface area contributed by atoms with Gasteiger partial charge in [-0.3, -0.25) is 0 Å². The van der Waals surface area contributed by atoms with Crippen molar-refractivity contribution in [2.24, 2.45) is 5.73 Å². The molecule has 3 heteroatoms. The maximum absolute atomic E-state index is 14.8. The van der Waals surface area contributed by atoms with E-state index < -0.39 is 5.67 Å². The molecular formula is C13H19FN2. The maximum Gasteiger partial charge on any atom is 0.138 e. The number of benzene rings is 1. The van der Waals surface area contributed by atoms with E-state index in [0.717, 1.165) is 24.2 Å². The van der Waals surface area contributed by atoms with Gasteiger partial charge in [0.05, 0.1) is 0 Å². The average Bonchev–Trinajstić information content (AvgIpc) is 2.30. The standard InChI is InChI=1S/C13H19FN2/c1-10(15)11-4-2-3-5-12(11)13(14)6-8-16-9-7-13/h2-5,10,16H,6-9,15H2,1H3. The Hall–Kier alpha value is -0.930. The van der Waals surface area contributed by atoms with E-state index in [1.807, 2.05) is 31.2 Å². The Kier molecular flexibility index (Phi) is 3.26. The van der Waals surface area contributed by atoms with Gasteiger partial charge in [-0.15, -0.1) is 0 Å². The van der Waals surface area contributed by atoms with Gasteiger partial charge in [0.1, 0.15) is 5.67 Å². The Balaban J connectivity index is 2.38. The van der Waals surface area contributed by atoms with Crippen LogP contribution in [0.2, 0.25) is 0 Å². The maximum atomic E-state index is 14.8. The van der Waals surface area contributed by atoms with Crippen molar-refractivity contribution in [1.29, 1.82) is 0 Å². The summed E-state index contributed by atoms with van der Waals surface area (Å²) in [5.41, 5.74) is 6.42. The lowest BCUT2D eigenvalue weighted by atomic mass is 9.83. The fourth-order valence-electron chi connectivity index (χ4n) is 2.39. The molecule has 16 heavy (non-hydrogen) atoms. The molecule has 0 bridgehead atoms. The van der Waals surface area contributed by atoms with E-state index >= 15 is 0 Å². The van der Waals surface area contributed by atoms with Gasteiger partial charge in [-0.1, -0.05) is 24.3 Å². The lowest BCUT2D eigenvalue weighted by Gasteiger charge is -2.32. The van der Waals surface area contributed by atoms with Crippen LogP contribution in [0.15, 0.2) is 24.3 Å². The van der Waals surface area contributed by atoms with Crippen molar-refractivity contribution in [3.63, 3.8) is 0 Å². The first-order valence-corrected chi connectivity index (χ1v) is 5.88. The van der Waals surface area contributed by atoms with E-state index in [4.69, 9.17) is 5.73 Å². The molecule has 1 aromatic rings. The van der Waals surface area contributed by atoms with Crippen LogP contribution in [0, 0.1) is 0 Å². The molecule has 1 aliphatic rings. The summed E-state index contributed by atoms with van der Waals surface area (Å²) < 4.78 is 14.8. The number of halogens is 1. The highest BCUT2D eigenvalue weighted by Gasteiger charge is 2.35. The van der Waals surface area contributed by atoms with Gasteiger partial charge in [-0.05, 0) is 44.0 Å². The molecule has 0 aliphatic carbocycles.